The van der Waals surface area contributed by atoms with Crippen LogP contribution in [0, 0.1) is 17.3 Å². The number of para-hydroxylation sites is 1. The monoisotopic (exact) mass is 413 g/mol. The number of methoxy groups -OCH3 is 1. The van der Waals surface area contributed by atoms with Crippen molar-refractivity contribution in [2.75, 3.05) is 20.7 Å². The first-order chi connectivity index (χ1) is 13.4. The number of likely N-dealkylation sites (N-methyl/N-ethyl adjacent to an activating group) is 1. The lowest BCUT2D eigenvalue weighted by molar-refractivity contribution is 0.295. The number of rotatable bonds is 8. The van der Waals surface area contributed by atoms with E-state index in [0.29, 0.717) is 6.61 Å². The maximum Gasteiger partial charge on any atom is 0.125 e. The number of ether oxygens (including phenoxy) is 2. The Labute approximate surface area is 182 Å². The van der Waals surface area contributed by atoms with Gasteiger partial charge in [-0.3, -0.25) is 4.90 Å². The van der Waals surface area contributed by atoms with E-state index in [-0.39, 0.29) is 17.8 Å². The third-order valence-electron chi connectivity index (χ3n) is 4.00. The zero-order chi connectivity index (χ0) is 20.4. The molecule has 4 heteroatoms. The summed E-state index contributed by atoms with van der Waals surface area (Å²) in [4.78, 5) is 2.24. The predicted molar refractivity (Wildman–Crippen MR) is 124 cm³/mol. The van der Waals surface area contributed by atoms with Gasteiger partial charge in [-0.2, -0.15) is 0 Å². The van der Waals surface area contributed by atoms with Gasteiger partial charge in [-0.05, 0) is 57.7 Å². The Morgan fingerprint density at radius 3 is 2.55 bits per heavy atom. The van der Waals surface area contributed by atoms with E-state index in [4.69, 9.17) is 9.47 Å². The topological polar surface area (TPSA) is 21.7 Å². The summed E-state index contributed by atoms with van der Waals surface area (Å²) < 4.78 is 11.4. The minimum absolute atomic E-state index is 0. The summed E-state index contributed by atoms with van der Waals surface area (Å²) in [5, 5.41) is 0. The molecule has 2 rings (SSSR count). The van der Waals surface area contributed by atoms with Crippen LogP contribution in [-0.2, 0) is 13.2 Å². The molecule has 0 aromatic heterocycles. The average molecular weight is 414 g/mol. The molecule has 0 aliphatic carbocycles. The number of hydrogen-bond acceptors (Lipinski definition) is 3. The van der Waals surface area contributed by atoms with Gasteiger partial charge in [0.1, 0.15) is 18.1 Å². The second kappa shape index (κ2) is 12.2. The summed E-state index contributed by atoms with van der Waals surface area (Å²) in [5.41, 5.74) is 2.30. The van der Waals surface area contributed by atoms with Crippen molar-refractivity contribution in [1.82, 2.24) is 4.90 Å². The number of halogens is 1. The van der Waals surface area contributed by atoms with Gasteiger partial charge in [0.15, 0.2) is 0 Å². The van der Waals surface area contributed by atoms with Crippen LogP contribution in [0.3, 0.4) is 0 Å². The van der Waals surface area contributed by atoms with E-state index in [1.165, 1.54) is 5.56 Å². The lowest BCUT2D eigenvalue weighted by Crippen LogP contribution is -2.17. The highest BCUT2D eigenvalue weighted by Gasteiger charge is 2.05. The van der Waals surface area contributed by atoms with Crippen LogP contribution in [0.5, 0.6) is 11.5 Å². The molecule has 2 aromatic carbocycles. The van der Waals surface area contributed by atoms with Crippen LogP contribution < -0.4 is 9.47 Å². The maximum atomic E-state index is 5.97. The quantitative estimate of drug-likeness (QED) is 0.515. The van der Waals surface area contributed by atoms with E-state index in [9.17, 15) is 0 Å². The molecule has 0 aliphatic rings. The molecule has 0 fully saturated rings. The maximum absolute atomic E-state index is 5.97. The standard InChI is InChI=1S/C25H31NO2.ClH/c1-25(2,3)16-9-6-10-17-26(4)19-21-12-11-14-23(18-21)28-20-22-13-7-8-15-24(22)27-5;/h6-8,10-15,18H,17,19-20H2,1-5H3;1H/b10-6+;. The molecule has 0 atom stereocenters. The molecule has 156 valence electrons. The third kappa shape index (κ3) is 9.56. The molecule has 0 amide bonds. The number of allylic oxidation sites excluding steroid dienone is 1. The van der Waals surface area contributed by atoms with Crippen molar-refractivity contribution in [1.29, 1.82) is 0 Å². The van der Waals surface area contributed by atoms with Crippen molar-refractivity contribution in [3.8, 4) is 23.3 Å². The van der Waals surface area contributed by atoms with E-state index in [1.807, 2.05) is 42.5 Å². The van der Waals surface area contributed by atoms with Crippen LogP contribution in [0.1, 0.15) is 31.9 Å². The summed E-state index contributed by atoms with van der Waals surface area (Å²) in [6.07, 6.45) is 4.04. The highest BCUT2D eigenvalue weighted by atomic mass is 35.5. The molecule has 0 bridgehead atoms. The van der Waals surface area contributed by atoms with Gasteiger partial charge in [0, 0.05) is 24.1 Å². The van der Waals surface area contributed by atoms with E-state index in [2.05, 4.69) is 62.8 Å². The summed E-state index contributed by atoms with van der Waals surface area (Å²) in [6, 6.07) is 16.2. The molecule has 2 aromatic rings. The fourth-order valence-electron chi connectivity index (χ4n) is 2.64. The van der Waals surface area contributed by atoms with Gasteiger partial charge in [-0.25, -0.2) is 0 Å². The Kier molecular flexibility index (Phi) is 10.4. The third-order valence-corrected chi connectivity index (χ3v) is 4.00. The predicted octanol–water partition coefficient (Wildman–Crippen LogP) is 5.73. The zero-order valence-corrected chi connectivity index (χ0v) is 18.9. The molecule has 3 nitrogen and oxygen atoms in total. The van der Waals surface area contributed by atoms with Gasteiger partial charge < -0.3 is 9.47 Å². The van der Waals surface area contributed by atoms with Crippen LogP contribution in [-0.4, -0.2) is 25.6 Å². The Hall–Kier alpha value is -2.41. The number of hydrogen-bond donors (Lipinski definition) is 0. The van der Waals surface area contributed by atoms with Crippen molar-refractivity contribution in [2.45, 2.75) is 33.9 Å². The van der Waals surface area contributed by atoms with Crippen LogP contribution in [0.25, 0.3) is 0 Å². The van der Waals surface area contributed by atoms with Gasteiger partial charge in [0.05, 0.1) is 7.11 Å². The van der Waals surface area contributed by atoms with Crippen molar-refractivity contribution < 1.29 is 9.47 Å². The first kappa shape index (κ1) is 24.6. The lowest BCUT2D eigenvalue weighted by atomic mass is 9.98. The van der Waals surface area contributed by atoms with Crippen molar-refractivity contribution in [3.05, 3.63) is 71.8 Å². The number of benzene rings is 2. The minimum Gasteiger partial charge on any atom is -0.496 e. The number of nitrogens with zero attached hydrogens (tertiary/aromatic N) is 1. The minimum atomic E-state index is 0. The summed E-state index contributed by atoms with van der Waals surface area (Å²) in [5.74, 6) is 8.03. The molecule has 0 aliphatic heterocycles. The van der Waals surface area contributed by atoms with E-state index >= 15 is 0 Å². The van der Waals surface area contributed by atoms with E-state index < -0.39 is 0 Å². The van der Waals surface area contributed by atoms with Crippen LogP contribution in [0.2, 0.25) is 0 Å². The molecule has 29 heavy (non-hydrogen) atoms. The van der Waals surface area contributed by atoms with Gasteiger partial charge in [0.25, 0.3) is 0 Å². The van der Waals surface area contributed by atoms with Crippen molar-refractivity contribution in [2.24, 2.45) is 5.41 Å². The Morgan fingerprint density at radius 1 is 1.07 bits per heavy atom. The highest BCUT2D eigenvalue weighted by Crippen LogP contribution is 2.21. The lowest BCUT2D eigenvalue weighted by Gasteiger charge is -2.15. The average Bonchev–Trinajstić information content (AvgIpc) is 2.65. The SMILES string of the molecule is COc1ccccc1COc1cccc(CN(C)C/C=C/C#CC(C)(C)C)c1.Cl. The fourth-order valence-corrected chi connectivity index (χ4v) is 2.64. The molecule has 0 radical (unpaired) electrons. The smallest absolute Gasteiger partial charge is 0.125 e. The van der Waals surface area contributed by atoms with Gasteiger partial charge >= 0.3 is 0 Å². The van der Waals surface area contributed by atoms with Crippen molar-refractivity contribution >= 4 is 12.4 Å². The molecule has 0 spiro atoms. The molecule has 0 saturated carbocycles. The second-order valence-corrected chi connectivity index (χ2v) is 7.87. The summed E-state index contributed by atoms with van der Waals surface area (Å²) >= 11 is 0. The molecular formula is C25H32ClNO2. The first-order valence-electron chi connectivity index (χ1n) is 9.57. The van der Waals surface area contributed by atoms with Crippen LogP contribution in [0.4, 0.5) is 0 Å². The highest BCUT2D eigenvalue weighted by molar-refractivity contribution is 5.85. The van der Waals surface area contributed by atoms with Crippen molar-refractivity contribution in [3.63, 3.8) is 0 Å². The zero-order valence-electron chi connectivity index (χ0n) is 18.1. The summed E-state index contributed by atoms with van der Waals surface area (Å²) in [7, 11) is 3.78. The molecule has 0 unspecified atom stereocenters. The Morgan fingerprint density at radius 2 is 1.83 bits per heavy atom. The molecular weight excluding hydrogens is 382 g/mol. The summed E-state index contributed by atoms with van der Waals surface area (Å²) in [6.45, 7) is 8.53. The normalized spacial score (nSPS) is 11.0. The molecule has 0 saturated heterocycles. The van der Waals surface area contributed by atoms with Gasteiger partial charge in [-0.1, -0.05) is 48.2 Å². The second-order valence-electron chi connectivity index (χ2n) is 7.87. The van der Waals surface area contributed by atoms with E-state index in [1.54, 1.807) is 7.11 Å². The molecule has 0 heterocycles. The molecule has 0 N–H and O–H groups in total. The van der Waals surface area contributed by atoms with Crippen LogP contribution in [0.15, 0.2) is 60.7 Å². The largest absolute Gasteiger partial charge is 0.496 e. The fraction of sp³-hybridized carbons (Fsp3) is 0.360. The van der Waals surface area contributed by atoms with Gasteiger partial charge in [0.2, 0.25) is 0 Å². The van der Waals surface area contributed by atoms with E-state index in [0.717, 1.165) is 30.2 Å². The first-order valence-corrected chi connectivity index (χ1v) is 9.57. The Bertz CT molecular complexity index is 844. The van der Waals surface area contributed by atoms with Gasteiger partial charge in [-0.15, -0.1) is 12.4 Å². The van der Waals surface area contributed by atoms with Crippen LogP contribution >= 0.6 is 12.4 Å². The Balaban J connectivity index is 0.00000420.